The van der Waals surface area contributed by atoms with Crippen LogP contribution in [0.15, 0.2) is 29.4 Å². The van der Waals surface area contributed by atoms with Gasteiger partial charge in [-0.3, -0.25) is 4.79 Å². The summed E-state index contributed by atoms with van der Waals surface area (Å²) in [6.45, 7) is 3.41. The number of oxime groups is 1. The SMILES string of the molecule is CCC1=NOC(C(=O)N2CCC(Oc3ccc(Cl)cc3)CC2)C1. The number of hydrogen-bond acceptors (Lipinski definition) is 4. The van der Waals surface area contributed by atoms with Crippen molar-refractivity contribution in [2.75, 3.05) is 13.1 Å². The first kappa shape index (κ1) is 16.1. The number of hydrogen-bond donors (Lipinski definition) is 0. The molecule has 0 N–H and O–H groups in total. The number of ether oxygens (including phenoxy) is 1. The molecule has 5 nitrogen and oxygen atoms in total. The zero-order valence-electron chi connectivity index (χ0n) is 13.2. The lowest BCUT2D eigenvalue weighted by atomic mass is 10.1. The van der Waals surface area contributed by atoms with Crippen molar-refractivity contribution in [1.29, 1.82) is 0 Å². The van der Waals surface area contributed by atoms with E-state index in [0.29, 0.717) is 24.5 Å². The molecule has 1 amide bonds. The van der Waals surface area contributed by atoms with Crippen LogP contribution in [0.25, 0.3) is 0 Å². The van der Waals surface area contributed by atoms with E-state index in [1.165, 1.54) is 0 Å². The highest BCUT2D eigenvalue weighted by Gasteiger charge is 2.33. The van der Waals surface area contributed by atoms with Gasteiger partial charge in [-0.15, -0.1) is 0 Å². The molecule has 1 unspecified atom stereocenters. The van der Waals surface area contributed by atoms with Gasteiger partial charge in [-0.2, -0.15) is 0 Å². The molecule has 0 aromatic heterocycles. The van der Waals surface area contributed by atoms with Crippen molar-refractivity contribution in [3.63, 3.8) is 0 Å². The van der Waals surface area contributed by atoms with Gasteiger partial charge in [0.2, 0.25) is 6.10 Å². The third-order valence-electron chi connectivity index (χ3n) is 4.28. The molecule has 1 aromatic rings. The number of carbonyl (C=O) groups excluding carboxylic acids is 1. The van der Waals surface area contributed by atoms with Crippen molar-refractivity contribution in [1.82, 2.24) is 4.90 Å². The Morgan fingerprint density at radius 1 is 1.35 bits per heavy atom. The summed E-state index contributed by atoms with van der Waals surface area (Å²) in [5.41, 5.74) is 0.962. The molecular weight excluding hydrogens is 316 g/mol. The molecule has 0 saturated carbocycles. The van der Waals surface area contributed by atoms with Crippen LogP contribution < -0.4 is 4.74 Å². The van der Waals surface area contributed by atoms with Gasteiger partial charge >= 0.3 is 0 Å². The number of amides is 1. The summed E-state index contributed by atoms with van der Waals surface area (Å²) in [5, 5.41) is 4.66. The van der Waals surface area contributed by atoms with Crippen LogP contribution in [0.5, 0.6) is 5.75 Å². The van der Waals surface area contributed by atoms with Gasteiger partial charge < -0.3 is 14.5 Å². The monoisotopic (exact) mass is 336 g/mol. The molecule has 1 atom stereocenters. The second kappa shape index (κ2) is 7.21. The number of nitrogens with zero attached hydrogens (tertiary/aromatic N) is 2. The predicted molar refractivity (Wildman–Crippen MR) is 88.9 cm³/mol. The molecule has 2 aliphatic heterocycles. The molecule has 2 aliphatic rings. The lowest BCUT2D eigenvalue weighted by Gasteiger charge is -2.33. The highest BCUT2D eigenvalue weighted by atomic mass is 35.5. The summed E-state index contributed by atoms with van der Waals surface area (Å²) in [5.74, 6) is 0.862. The zero-order chi connectivity index (χ0) is 16.2. The zero-order valence-corrected chi connectivity index (χ0v) is 14.0. The fraction of sp³-hybridized carbons (Fsp3) is 0.529. The molecule has 2 heterocycles. The lowest BCUT2D eigenvalue weighted by molar-refractivity contribution is -0.143. The lowest BCUT2D eigenvalue weighted by Crippen LogP contribution is -2.46. The van der Waals surface area contributed by atoms with E-state index in [1.807, 2.05) is 36.1 Å². The minimum Gasteiger partial charge on any atom is -0.490 e. The summed E-state index contributed by atoms with van der Waals surface area (Å²) in [6, 6.07) is 7.38. The standard InChI is InChI=1S/C17H21ClN2O3/c1-2-13-11-16(23-19-13)17(21)20-9-7-15(8-10-20)22-14-5-3-12(18)4-6-14/h3-6,15-16H,2,7-11H2,1H3. The number of piperidine rings is 1. The second-order valence-corrected chi connectivity index (χ2v) is 6.34. The highest BCUT2D eigenvalue weighted by molar-refractivity contribution is 6.30. The van der Waals surface area contributed by atoms with Crippen molar-refractivity contribution in [3.05, 3.63) is 29.3 Å². The third-order valence-corrected chi connectivity index (χ3v) is 4.54. The minimum absolute atomic E-state index is 0.0437. The van der Waals surface area contributed by atoms with Gasteiger partial charge in [-0.1, -0.05) is 23.7 Å². The maximum Gasteiger partial charge on any atom is 0.266 e. The van der Waals surface area contributed by atoms with Gasteiger partial charge in [-0.25, -0.2) is 0 Å². The quantitative estimate of drug-likeness (QED) is 0.848. The maximum atomic E-state index is 12.4. The molecule has 0 aliphatic carbocycles. The van der Waals surface area contributed by atoms with Gasteiger partial charge in [0.1, 0.15) is 11.9 Å². The molecule has 0 spiro atoms. The van der Waals surface area contributed by atoms with Gasteiger partial charge in [0, 0.05) is 37.4 Å². The number of likely N-dealkylation sites (tertiary alicyclic amines) is 1. The maximum absolute atomic E-state index is 12.4. The average Bonchev–Trinajstić information content (AvgIpc) is 3.06. The molecule has 0 radical (unpaired) electrons. The number of rotatable bonds is 4. The van der Waals surface area contributed by atoms with Gasteiger partial charge in [0.05, 0.1) is 5.71 Å². The Morgan fingerprint density at radius 3 is 2.65 bits per heavy atom. The van der Waals surface area contributed by atoms with Crippen molar-refractivity contribution in [2.24, 2.45) is 5.16 Å². The minimum atomic E-state index is -0.432. The molecule has 23 heavy (non-hydrogen) atoms. The average molecular weight is 337 g/mol. The van der Waals surface area contributed by atoms with E-state index in [4.69, 9.17) is 21.2 Å². The van der Waals surface area contributed by atoms with Gasteiger partial charge in [-0.05, 0) is 30.7 Å². The van der Waals surface area contributed by atoms with Crippen LogP contribution in [-0.2, 0) is 9.63 Å². The third kappa shape index (κ3) is 3.96. The van der Waals surface area contributed by atoms with E-state index in [2.05, 4.69) is 5.16 Å². The largest absolute Gasteiger partial charge is 0.490 e. The summed E-state index contributed by atoms with van der Waals surface area (Å²) < 4.78 is 5.95. The van der Waals surface area contributed by atoms with Crippen molar-refractivity contribution in [2.45, 2.75) is 44.8 Å². The highest BCUT2D eigenvalue weighted by Crippen LogP contribution is 2.23. The molecule has 1 fully saturated rings. The van der Waals surface area contributed by atoms with Crippen LogP contribution >= 0.6 is 11.6 Å². The van der Waals surface area contributed by atoms with E-state index in [1.54, 1.807) is 0 Å². The van der Waals surface area contributed by atoms with Crippen molar-refractivity contribution < 1.29 is 14.4 Å². The van der Waals surface area contributed by atoms with Crippen LogP contribution in [0.3, 0.4) is 0 Å². The fourth-order valence-corrected chi connectivity index (χ4v) is 3.00. The first-order valence-electron chi connectivity index (χ1n) is 8.08. The van der Waals surface area contributed by atoms with Gasteiger partial charge in [0.25, 0.3) is 5.91 Å². The molecule has 124 valence electrons. The Kier molecular flexibility index (Phi) is 5.06. The Balaban J connectivity index is 1.47. The molecule has 6 heteroatoms. The topological polar surface area (TPSA) is 51.1 Å². The van der Waals surface area contributed by atoms with E-state index in [-0.39, 0.29) is 12.0 Å². The van der Waals surface area contributed by atoms with E-state index < -0.39 is 6.10 Å². The first-order valence-corrected chi connectivity index (χ1v) is 8.46. The molecule has 0 bridgehead atoms. The van der Waals surface area contributed by atoms with Crippen LogP contribution in [0.1, 0.15) is 32.6 Å². The molecule has 1 saturated heterocycles. The smallest absolute Gasteiger partial charge is 0.266 e. The number of halogens is 1. The summed E-state index contributed by atoms with van der Waals surface area (Å²) in [7, 11) is 0. The van der Waals surface area contributed by atoms with E-state index in [9.17, 15) is 4.79 Å². The summed E-state index contributed by atoms with van der Waals surface area (Å²) >= 11 is 5.87. The normalized spacial score (nSPS) is 21.7. The fourth-order valence-electron chi connectivity index (χ4n) is 2.87. The Bertz CT molecular complexity index is 580. The van der Waals surface area contributed by atoms with Crippen LogP contribution in [0.2, 0.25) is 5.02 Å². The number of carbonyl (C=O) groups is 1. The van der Waals surface area contributed by atoms with Crippen molar-refractivity contribution >= 4 is 23.2 Å². The van der Waals surface area contributed by atoms with Crippen LogP contribution in [0.4, 0.5) is 0 Å². The molecule has 3 rings (SSSR count). The Morgan fingerprint density at radius 2 is 2.04 bits per heavy atom. The molecule has 1 aromatic carbocycles. The van der Waals surface area contributed by atoms with Crippen LogP contribution in [-0.4, -0.2) is 41.8 Å². The number of benzene rings is 1. The predicted octanol–water partition coefficient (Wildman–Crippen LogP) is 3.26. The molecular formula is C17H21ClN2O3. The Hall–Kier alpha value is -1.75. The Labute approximate surface area is 141 Å². The first-order chi connectivity index (χ1) is 11.2. The van der Waals surface area contributed by atoms with Crippen molar-refractivity contribution in [3.8, 4) is 5.75 Å². The van der Waals surface area contributed by atoms with Gasteiger partial charge in [0.15, 0.2) is 0 Å². The second-order valence-electron chi connectivity index (χ2n) is 5.91. The van der Waals surface area contributed by atoms with E-state index >= 15 is 0 Å². The van der Waals surface area contributed by atoms with E-state index in [0.717, 1.165) is 30.7 Å². The summed E-state index contributed by atoms with van der Waals surface area (Å²) in [6.07, 6.45) is 2.80. The summed E-state index contributed by atoms with van der Waals surface area (Å²) in [4.78, 5) is 19.6. The van der Waals surface area contributed by atoms with Crippen LogP contribution in [0, 0.1) is 0 Å².